The summed E-state index contributed by atoms with van der Waals surface area (Å²) in [6, 6.07) is 1.99. The van der Waals surface area contributed by atoms with Crippen LogP contribution in [0.3, 0.4) is 0 Å². The lowest BCUT2D eigenvalue weighted by atomic mass is 10.2. The molecule has 0 unspecified atom stereocenters. The standard InChI is InChI=1S/C12H19BrN2O2/c1-12(2,3)17-11(16)15(5)8-10-6-9(13)7-14(10)4/h6-7H,8H2,1-5H3. The van der Waals surface area contributed by atoms with E-state index in [0.29, 0.717) is 6.54 Å². The summed E-state index contributed by atoms with van der Waals surface area (Å²) in [5.74, 6) is 0. The number of carbonyl (C=O) groups is 1. The highest BCUT2D eigenvalue weighted by Gasteiger charge is 2.20. The number of hydrogen-bond acceptors (Lipinski definition) is 2. The summed E-state index contributed by atoms with van der Waals surface area (Å²) in [4.78, 5) is 13.3. The SMILES string of the molecule is CN(Cc1cc(Br)cn1C)C(=O)OC(C)(C)C. The summed E-state index contributed by atoms with van der Waals surface area (Å²) in [5.41, 5.74) is 0.588. The molecule has 17 heavy (non-hydrogen) atoms. The highest BCUT2D eigenvalue weighted by atomic mass is 79.9. The molecular formula is C12H19BrN2O2. The third kappa shape index (κ3) is 4.42. The predicted molar refractivity (Wildman–Crippen MR) is 70.8 cm³/mol. The third-order valence-corrected chi connectivity index (χ3v) is 2.61. The van der Waals surface area contributed by atoms with Crippen LogP contribution in [-0.2, 0) is 18.3 Å². The number of amides is 1. The number of hydrogen-bond donors (Lipinski definition) is 0. The molecule has 0 aromatic carbocycles. The Morgan fingerprint density at radius 1 is 1.53 bits per heavy atom. The van der Waals surface area contributed by atoms with Gasteiger partial charge in [0.05, 0.1) is 6.54 Å². The molecule has 0 aliphatic heterocycles. The Labute approximate surface area is 111 Å². The van der Waals surface area contributed by atoms with E-state index in [4.69, 9.17) is 4.74 Å². The van der Waals surface area contributed by atoms with Crippen molar-refractivity contribution < 1.29 is 9.53 Å². The number of aromatic nitrogens is 1. The Morgan fingerprint density at radius 3 is 2.53 bits per heavy atom. The lowest BCUT2D eigenvalue weighted by Gasteiger charge is -2.24. The zero-order valence-electron chi connectivity index (χ0n) is 11.0. The molecule has 0 N–H and O–H groups in total. The number of ether oxygens (including phenoxy) is 1. The van der Waals surface area contributed by atoms with Crippen LogP contribution in [0.25, 0.3) is 0 Å². The quantitative estimate of drug-likeness (QED) is 0.841. The van der Waals surface area contributed by atoms with Gasteiger partial charge in [-0.25, -0.2) is 4.79 Å². The Hall–Kier alpha value is -0.970. The molecule has 1 amide bonds. The number of halogens is 1. The van der Waals surface area contributed by atoms with Crippen molar-refractivity contribution in [1.29, 1.82) is 0 Å². The molecule has 0 saturated heterocycles. The maximum Gasteiger partial charge on any atom is 0.410 e. The van der Waals surface area contributed by atoms with Crippen molar-refractivity contribution in [1.82, 2.24) is 9.47 Å². The second-order valence-corrected chi connectivity index (χ2v) is 6.01. The lowest BCUT2D eigenvalue weighted by Crippen LogP contribution is -2.34. The summed E-state index contributed by atoms with van der Waals surface area (Å²) in [6.45, 7) is 6.10. The number of nitrogens with zero attached hydrogens (tertiary/aromatic N) is 2. The Kier molecular flexibility index (Phi) is 4.25. The smallest absolute Gasteiger partial charge is 0.410 e. The molecule has 0 atom stereocenters. The van der Waals surface area contributed by atoms with Gasteiger partial charge in [0.25, 0.3) is 0 Å². The van der Waals surface area contributed by atoms with Gasteiger partial charge in [-0.3, -0.25) is 0 Å². The Morgan fingerprint density at radius 2 is 2.12 bits per heavy atom. The Balaban J connectivity index is 2.63. The first-order valence-corrected chi connectivity index (χ1v) is 6.23. The minimum atomic E-state index is -0.458. The highest BCUT2D eigenvalue weighted by Crippen LogP contribution is 2.16. The van der Waals surface area contributed by atoms with E-state index in [1.807, 2.05) is 44.6 Å². The van der Waals surface area contributed by atoms with Gasteiger partial charge in [-0.15, -0.1) is 0 Å². The average Bonchev–Trinajstić information content (AvgIpc) is 2.42. The second kappa shape index (κ2) is 5.12. The van der Waals surface area contributed by atoms with Gasteiger partial charge < -0.3 is 14.2 Å². The van der Waals surface area contributed by atoms with E-state index in [1.54, 1.807) is 11.9 Å². The Bertz CT molecular complexity index is 407. The fraction of sp³-hybridized carbons (Fsp3) is 0.583. The van der Waals surface area contributed by atoms with Crippen LogP contribution in [0.1, 0.15) is 26.5 Å². The van der Waals surface area contributed by atoms with Crippen LogP contribution in [-0.4, -0.2) is 28.2 Å². The van der Waals surface area contributed by atoms with Crippen LogP contribution in [0.4, 0.5) is 4.79 Å². The molecule has 0 radical (unpaired) electrons. The van der Waals surface area contributed by atoms with Crippen molar-refractivity contribution in [2.45, 2.75) is 32.9 Å². The van der Waals surface area contributed by atoms with E-state index in [9.17, 15) is 4.79 Å². The van der Waals surface area contributed by atoms with E-state index in [1.165, 1.54) is 0 Å². The molecular weight excluding hydrogens is 284 g/mol. The van der Waals surface area contributed by atoms with Gasteiger partial charge in [-0.1, -0.05) is 0 Å². The van der Waals surface area contributed by atoms with Crippen molar-refractivity contribution in [3.8, 4) is 0 Å². The molecule has 0 saturated carbocycles. The van der Waals surface area contributed by atoms with E-state index in [-0.39, 0.29) is 6.09 Å². The minimum Gasteiger partial charge on any atom is -0.444 e. The first-order valence-electron chi connectivity index (χ1n) is 5.44. The normalized spacial score (nSPS) is 11.4. The van der Waals surface area contributed by atoms with Crippen LogP contribution in [0.15, 0.2) is 16.7 Å². The van der Waals surface area contributed by atoms with Gasteiger partial charge in [0.1, 0.15) is 5.60 Å². The molecule has 0 fully saturated rings. The van der Waals surface area contributed by atoms with Gasteiger partial charge in [-0.2, -0.15) is 0 Å². The van der Waals surface area contributed by atoms with E-state index >= 15 is 0 Å². The molecule has 0 aliphatic carbocycles. The molecule has 1 aromatic heterocycles. The largest absolute Gasteiger partial charge is 0.444 e. The van der Waals surface area contributed by atoms with Gasteiger partial charge in [0.2, 0.25) is 0 Å². The van der Waals surface area contributed by atoms with Gasteiger partial charge in [-0.05, 0) is 42.8 Å². The van der Waals surface area contributed by atoms with Gasteiger partial charge in [0.15, 0.2) is 0 Å². The van der Waals surface area contributed by atoms with Crippen molar-refractivity contribution in [3.63, 3.8) is 0 Å². The summed E-state index contributed by atoms with van der Waals surface area (Å²) in [7, 11) is 3.68. The molecule has 0 spiro atoms. The molecule has 0 bridgehead atoms. The summed E-state index contributed by atoms with van der Waals surface area (Å²) in [5, 5.41) is 0. The first kappa shape index (κ1) is 14.1. The fourth-order valence-electron chi connectivity index (χ4n) is 1.37. The molecule has 0 aliphatic rings. The van der Waals surface area contributed by atoms with Gasteiger partial charge in [0, 0.05) is 30.5 Å². The van der Waals surface area contributed by atoms with Gasteiger partial charge >= 0.3 is 6.09 Å². The van der Waals surface area contributed by atoms with Crippen LogP contribution in [0, 0.1) is 0 Å². The van der Waals surface area contributed by atoms with Crippen LogP contribution in [0.2, 0.25) is 0 Å². The molecule has 4 nitrogen and oxygen atoms in total. The zero-order valence-corrected chi connectivity index (χ0v) is 12.5. The number of aryl methyl sites for hydroxylation is 1. The molecule has 1 heterocycles. The van der Waals surface area contributed by atoms with Crippen molar-refractivity contribution in [3.05, 3.63) is 22.4 Å². The summed E-state index contributed by atoms with van der Waals surface area (Å²) in [6.07, 6.45) is 1.65. The van der Waals surface area contributed by atoms with E-state index in [2.05, 4.69) is 15.9 Å². The maximum atomic E-state index is 11.8. The summed E-state index contributed by atoms with van der Waals surface area (Å²) < 4.78 is 8.27. The number of rotatable bonds is 2. The van der Waals surface area contributed by atoms with E-state index < -0.39 is 5.60 Å². The topological polar surface area (TPSA) is 34.5 Å². The minimum absolute atomic E-state index is 0.310. The van der Waals surface area contributed by atoms with E-state index in [0.717, 1.165) is 10.2 Å². The molecule has 1 rings (SSSR count). The van der Waals surface area contributed by atoms with Crippen LogP contribution in [0.5, 0.6) is 0 Å². The monoisotopic (exact) mass is 302 g/mol. The molecule has 5 heteroatoms. The van der Waals surface area contributed by atoms with Crippen molar-refractivity contribution >= 4 is 22.0 Å². The molecule has 1 aromatic rings. The fourth-order valence-corrected chi connectivity index (χ4v) is 1.94. The molecule has 96 valence electrons. The summed E-state index contributed by atoms with van der Waals surface area (Å²) >= 11 is 3.40. The maximum absolute atomic E-state index is 11.8. The predicted octanol–water partition coefficient (Wildman–Crippen LogP) is 3.15. The average molecular weight is 303 g/mol. The van der Waals surface area contributed by atoms with Crippen molar-refractivity contribution in [2.24, 2.45) is 7.05 Å². The van der Waals surface area contributed by atoms with Crippen LogP contribution < -0.4 is 0 Å². The van der Waals surface area contributed by atoms with Crippen molar-refractivity contribution in [2.75, 3.05) is 7.05 Å². The van der Waals surface area contributed by atoms with Crippen LogP contribution >= 0.6 is 15.9 Å². The second-order valence-electron chi connectivity index (χ2n) is 5.10. The highest BCUT2D eigenvalue weighted by molar-refractivity contribution is 9.10. The zero-order chi connectivity index (χ0) is 13.2. The third-order valence-electron chi connectivity index (χ3n) is 2.18. The first-order chi connectivity index (χ1) is 7.69. The lowest BCUT2D eigenvalue weighted by molar-refractivity contribution is 0.0282. The number of carbonyl (C=O) groups excluding carboxylic acids is 1.